The van der Waals surface area contributed by atoms with Crippen molar-refractivity contribution in [3.05, 3.63) is 28.4 Å². The number of anilines is 2. The number of hydrogen-bond acceptors (Lipinski definition) is 4. The number of rotatable bonds is 2. The van der Waals surface area contributed by atoms with Crippen molar-refractivity contribution in [3.63, 3.8) is 0 Å². The lowest BCUT2D eigenvalue weighted by molar-refractivity contribution is 1.13. The van der Waals surface area contributed by atoms with E-state index in [-0.39, 0.29) is 16.8 Å². The predicted octanol–water partition coefficient (Wildman–Crippen LogP) is 0.561. The number of H-pyrrole nitrogens is 1. The highest BCUT2D eigenvalue weighted by Gasteiger charge is 2.04. The van der Waals surface area contributed by atoms with Gasteiger partial charge in [-0.05, 0) is 17.8 Å². The van der Waals surface area contributed by atoms with E-state index >= 15 is 0 Å². The van der Waals surface area contributed by atoms with Crippen molar-refractivity contribution in [2.24, 2.45) is 0 Å². The van der Waals surface area contributed by atoms with Crippen LogP contribution in [0.3, 0.4) is 0 Å². The van der Waals surface area contributed by atoms with Crippen molar-refractivity contribution in [2.45, 2.75) is 0 Å². The molecule has 64 valence electrons. The fourth-order valence-electron chi connectivity index (χ4n) is 0.662. The molecular formula is C6H7ClN4O. The summed E-state index contributed by atoms with van der Waals surface area (Å²) in [4.78, 5) is 16.9. The average Bonchev–Trinajstić information content (AvgIpc) is 2.00. The molecule has 0 aromatic carbocycles. The molecule has 0 aliphatic heterocycles. The predicted molar refractivity (Wildman–Crippen MR) is 48.1 cm³/mol. The zero-order valence-electron chi connectivity index (χ0n) is 6.10. The first kappa shape index (κ1) is 8.61. The first-order valence-electron chi connectivity index (χ1n) is 3.08. The topological polar surface area (TPSA) is 83.8 Å². The zero-order valence-corrected chi connectivity index (χ0v) is 6.85. The molecule has 5 nitrogen and oxygen atoms in total. The number of halogens is 1. The number of nitrogens with two attached hydrogens (primary N) is 1. The van der Waals surface area contributed by atoms with Crippen LogP contribution in [0.2, 0.25) is 5.28 Å². The summed E-state index contributed by atoms with van der Waals surface area (Å²) in [5.74, 6) is 0.207. The van der Waals surface area contributed by atoms with Gasteiger partial charge in [0, 0.05) is 0 Å². The molecule has 1 aromatic heterocycles. The Balaban J connectivity index is 3.27. The van der Waals surface area contributed by atoms with Crippen LogP contribution in [0.5, 0.6) is 0 Å². The van der Waals surface area contributed by atoms with Gasteiger partial charge in [-0.2, -0.15) is 4.98 Å². The standard InChI is InChI=1S/C6H7ClN4O/c1-2-9-4-3(8)5(12)11-6(7)10-4/h2H,1,8H2,(H2,9,10,11,12). The molecular weight excluding hydrogens is 180 g/mol. The van der Waals surface area contributed by atoms with Gasteiger partial charge in [-0.25, -0.2) is 0 Å². The molecule has 1 rings (SSSR count). The van der Waals surface area contributed by atoms with Crippen LogP contribution < -0.4 is 16.6 Å². The van der Waals surface area contributed by atoms with E-state index in [0.717, 1.165) is 0 Å². The van der Waals surface area contributed by atoms with Crippen molar-refractivity contribution in [1.29, 1.82) is 0 Å². The lowest BCUT2D eigenvalue weighted by atomic mass is 10.5. The first-order chi connectivity index (χ1) is 5.65. The summed E-state index contributed by atoms with van der Waals surface area (Å²) in [6, 6.07) is 0. The summed E-state index contributed by atoms with van der Waals surface area (Å²) in [6.45, 7) is 3.39. The van der Waals surface area contributed by atoms with Crippen LogP contribution in [0.25, 0.3) is 0 Å². The maximum Gasteiger partial charge on any atom is 0.277 e. The van der Waals surface area contributed by atoms with Crippen molar-refractivity contribution < 1.29 is 0 Å². The van der Waals surface area contributed by atoms with E-state index in [1.54, 1.807) is 0 Å². The maximum atomic E-state index is 11.0. The lowest BCUT2D eigenvalue weighted by Crippen LogP contribution is -2.15. The molecule has 4 N–H and O–H groups in total. The molecule has 0 saturated carbocycles. The normalized spacial score (nSPS) is 9.42. The van der Waals surface area contributed by atoms with Gasteiger partial charge in [0.2, 0.25) is 5.28 Å². The Hall–Kier alpha value is -1.49. The number of aromatic nitrogens is 2. The van der Waals surface area contributed by atoms with E-state index in [9.17, 15) is 4.79 Å². The van der Waals surface area contributed by atoms with Gasteiger partial charge in [-0.15, -0.1) is 0 Å². The van der Waals surface area contributed by atoms with Crippen molar-refractivity contribution in [2.75, 3.05) is 11.1 Å². The molecule has 0 aliphatic carbocycles. The molecule has 0 unspecified atom stereocenters. The molecule has 12 heavy (non-hydrogen) atoms. The van der Waals surface area contributed by atoms with E-state index < -0.39 is 5.56 Å². The highest BCUT2D eigenvalue weighted by Crippen LogP contribution is 2.10. The Labute approximate surface area is 73.3 Å². The maximum absolute atomic E-state index is 11.0. The SMILES string of the molecule is C=CNc1nc(Cl)[nH]c(=O)c1N. The van der Waals surface area contributed by atoms with Crippen LogP contribution >= 0.6 is 11.6 Å². The van der Waals surface area contributed by atoms with Gasteiger partial charge >= 0.3 is 0 Å². The Morgan fingerprint density at radius 3 is 3.00 bits per heavy atom. The van der Waals surface area contributed by atoms with Gasteiger partial charge in [-0.1, -0.05) is 6.58 Å². The van der Waals surface area contributed by atoms with Crippen LogP contribution in [0.4, 0.5) is 11.5 Å². The van der Waals surface area contributed by atoms with Crippen molar-refractivity contribution in [1.82, 2.24) is 9.97 Å². The van der Waals surface area contributed by atoms with E-state index in [2.05, 4.69) is 21.9 Å². The third kappa shape index (κ3) is 1.57. The minimum atomic E-state index is -0.473. The Kier molecular flexibility index (Phi) is 2.35. The molecule has 0 radical (unpaired) electrons. The zero-order chi connectivity index (χ0) is 9.14. The van der Waals surface area contributed by atoms with Crippen LogP contribution in [-0.2, 0) is 0 Å². The van der Waals surface area contributed by atoms with Gasteiger partial charge < -0.3 is 11.1 Å². The molecule has 0 amide bonds. The summed E-state index contributed by atoms with van der Waals surface area (Å²) < 4.78 is 0. The second-order valence-corrected chi connectivity index (χ2v) is 2.33. The highest BCUT2D eigenvalue weighted by atomic mass is 35.5. The number of aromatic amines is 1. The summed E-state index contributed by atoms with van der Waals surface area (Å²) in [5.41, 5.74) is 4.88. The number of nitrogens with zero attached hydrogens (tertiary/aromatic N) is 1. The minimum absolute atomic E-state index is 0.0145. The number of nitrogens with one attached hydrogen (secondary N) is 2. The fraction of sp³-hybridized carbons (Fsp3) is 0. The van der Waals surface area contributed by atoms with E-state index in [0.29, 0.717) is 0 Å². The molecule has 0 aliphatic rings. The van der Waals surface area contributed by atoms with Gasteiger partial charge in [0.25, 0.3) is 5.56 Å². The Morgan fingerprint density at radius 2 is 2.42 bits per heavy atom. The van der Waals surface area contributed by atoms with Crippen LogP contribution in [-0.4, -0.2) is 9.97 Å². The largest absolute Gasteiger partial charge is 0.391 e. The third-order valence-electron chi connectivity index (χ3n) is 1.17. The second kappa shape index (κ2) is 3.27. The number of nitrogen functional groups attached to an aromatic ring is 1. The molecule has 0 fully saturated rings. The molecule has 0 atom stereocenters. The summed E-state index contributed by atoms with van der Waals surface area (Å²) >= 11 is 5.46. The molecule has 0 saturated heterocycles. The average molecular weight is 187 g/mol. The first-order valence-corrected chi connectivity index (χ1v) is 3.45. The van der Waals surface area contributed by atoms with E-state index in [1.807, 2.05) is 0 Å². The van der Waals surface area contributed by atoms with E-state index in [4.69, 9.17) is 17.3 Å². The van der Waals surface area contributed by atoms with Gasteiger partial charge in [0.1, 0.15) is 5.69 Å². The van der Waals surface area contributed by atoms with Gasteiger partial charge in [0.05, 0.1) is 0 Å². The number of hydrogen-bond donors (Lipinski definition) is 3. The highest BCUT2D eigenvalue weighted by molar-refractivity contribution is 6.28. The molecule has 1 aromatic rings. The van der Waals surface area contributed by atoms with Gasteiger partial charge in [-0.3, -0.25) is 9.78 Å². The summed E-state index contributed by atoms with van der Waals surface area (Å²) in [5, 5.41) is 2.57. The molecule has 6 heteroatoms. The quantitative estimate of drug-likeness (QED) is 0.590. The lowest BCUT2D eigenvalue weighted by Gasteiger charge is -2.01. The monoisotopic (exact) mass is 186 g/mol. The van der Waals surface area contributed by atoms with Crippen LogP contribution in [0.15, 0.2) is 17.6 Å². The fourth-order valence-corrected chi connectivity index (χ4v) is 0.832. The minimum Gasteiger partial charge on any atom is -0.391 e. The van der Waals surface area contributed by atoms with Crippen LogP contribution in [0.1, 0.15) is 0 Å². The third-order valence-corrected chi connectivity index (χ3v) is 1.34. The Morgan fingerprint density at radius 1 is 1.75 bits per heavy atom. The van der Waals surface area contributed by atoms with Crippen LogP contribution in [0, 0.1) is 0 Å². The molecule has 0 bridgehead atoms. The van der Waals surface area contributed by atoms with E-state index in [1.165, 1.54) is 6.20 Å². The second-order valence-electron chi connectivity index (χ2n) is 1.97. The smallest absolute Gasteiger partial charge is 0.277 e. The molecule has 1 heterocycles. The van der Waals surface area contributed by atoms with Gasteiger partial charge in [0.15, 0.2) is 5.82 Å². The van der Waals surface area contributed by atoms with Crippen molar-refractivity contribution in [3.8, 4) is 0 Å². The van der Waals surface area contributed by atoms with Crippen molar-refractivity contribution >= 4 is 23.1 Å². The summed E-state index contributed by atoms with van der Waals surface area (Å²) in [6.07, 6.45) is 1.36. The molecule has 0 spiro atoms. The summed E-state index contributed by atoms with van der Waals surface area (Å²) in [7, 11) is 0. The Bertz CT molecular complexity index is 359.